The van der Waals surface area contributed by atoms with Crippen LogP contribution in [0.2, 0.25) is 0 Å². The van der Waals surface area contributed by atoms with E-state index in [1.165, 1.54) is 37.2 Å². The summed E-state index contributed by atoms with van der Waals surface area (Å²) in [5.41, 5.74) is 0. The first kappa shape index (κ1) is 20.9. The highest BCUT2D eigenvalue weighted by Crippen LogP contribution is 2.20. The van der Waals surface area contributed by atoms with Crippen molar-refractivity contribution in [2.24, 2.45) is 10.9 Å². The molecule has 2 aliphatic rings. The van der Waals surface area contributed by atoms with Crippen molar-refractivity contribution in [3.05, 3.63) is 22.4 Å². The molecule has 0 bridgehead atoms. The number of hydrogen-bond donors (Lipinski definition) is 2. The molecule has 2 N–H and O–H groups in total. The van der Waals surface area contributed by atoms with E-state index in [0.717, 1.165) is 44.5 Å². The number of nitrogens with zero attached hydrogens (tertiary/aromatic N) is 2. The van der Waals surface area contributed by atoms with Crippen LogP contribution in [0.25, 0.3) is 0 Å². The Bertz CT molecular complexity index is 497. The lowest BCUT2D eigenvalue weighted by molar-refractivity contribution is 0.113. The molecule has 5 nitrogen and oxygen atoms in total. The highest BCUT2D eigenvalue weighted by molar-refractivity contribution is 14.0. The molecular weight excluding hydrogens is 447 g/mol. The van der Waals surface area contributed by atoms with Gasteiger partial charge in [0.1, 0.15) is 0 Å². The predicted octanol–water partition coefficient (Wildman–Crippen LogP) is 2.92. The molecule has 3 heterocycles. The third kappa shape index (κ3) is 7.03. The van der Waals surface area contributed by atoms with Gasteiger partial charge in [-0.3, -0.25) is 9.89 Å². The molecule has 0 saturated carbocycles. The van der Waals surface area contributed by atoms with Crippen LogP contribution in [0.1, 0.15) is 30.6 Å². The van der Waals surface area contributed by atoms with Crippen molar-refractivity contribution in [3.8, 4) is 0 Å². The number of guanidine groups is 1. The topological polar surface area (TPSA) is 48.9 Å². The molecule has 1 aromatic heterocycles. The maximum absolute atomic E-state index is 5.65. The van der Waals surface area contributed by atoms with E-state index in [-0.39, 0.29) is 24.0 Å². The lowest BCUT2D eigenvalue weighted by Gasteiger charge is -2.32. The van der Waals surface area contributed by atoms with Crippen molar-refractivity contribution < 1.29 is 4.74 Å². The van der Waals surface area contributed by atoms with Crippen LogP contribution in [0.4, 0.5) is 0 Å². The first-order chi connectivity index (χ1) is 11.8. The van der Waals surface area contributed by atoms with Gasteiger partial charge in [-0.15, -0.1) is 35.3 Å². The van der Waals surface area contributed by atoms with Crippen molar-refractivity contribution in [1.82, 2.24) is 15.5 Å². The van der Waals surface area contributed by atoms with Crippen LogP contribution < -0.4 is 10.6 Å². The monoisotopic (exact) mass is 478 g/mol. The van der Waals surface area contributed by atoms with Crippen LogP contribution in [-0.2, 0) is 11.3 Å². The first-order valence-electron chi connectivity index (χ1n) is 9.14. The summed E-state index contributed by atoms with van der Waals surface area (Å²) in [5.74, 6) is 1.65. The molecule has 0 aliphatic carbocycles. The second-order valence-corrected chi connectivity index (χ2v) is 7.80. The van der Waals surface area contributed by atoms with E-state index in [1.807, 2.05) is 18.4 Å². The second-order valence-electron chi connectivity index (χ2n) is 6.77. The molecule has 0 amide bonds. The molecule has 2 saturated heterocycles. The van der Waals surface area contributed by atoms with Crippen LogP contribution in [0.3, 0.4) is 0 Å². The molecule has 0 aromatic carbocycles. The largest absolute Gasteiger partial charge is 0.376 e. The summed E-state index contributed by atoms with van der Waals surface area (Å²) < 4.78 is 5.65. The van der Waals surface area contributed by atoms with Crippen LogP contribution in [-0.4, -0.2) is 56.8 Å². The van der Waals surface area contributed by atoms with Crippen molar-refractivity contribution in [2.75, 3.05) is 39.8 Å². The molecule has 142 valence electrons. The van der Waals surface area contributed by atoms with E-state index in [2.05, 4.69) is 38.0 Å². The summed E-state index contributed by atoms with van der Waals surface area (Å²) in [4.78, 5) is 8.38. The molecule has 0 spiro atoms. The van der Waals surface area contributed by atoms with E-state index in [0.29, 0.717) is 6.10 Å². The quantitative estimate of drug-likeness (QED) is 0.375. The van der Waals surface area contributed by atoms with E-state index in [9.17, 15) is 0 Å². The van der Waals surface area contributed by atoms with Gasteiger partial charge in [0.15, 0.2) is 5.96 Å². The molecule has 3 rings (SSSR count). The Morgan fingerprint density at radius 3 is 2.72 bits per heavy atom. The lowest BCUT2D eigenvalue weighted by atomic mass is 9.97. The van der Waals surface area contributed by atoms with E-state index >= 15 is 0 Å². The molecule has 1 aromatic rings. The number of rotatable bonds is 6. The van der Waals surface area contributed by atoms with Crippen molar-refractivity contribution >= 4 is 41.3 Å². The van der Waals surface area contributed by atoms with Gasteiger partial charge >= 0.3 is 0 Å². The van der Waals surface area contributed by atoms with E-state index in [4.69, 9.17) is 4.74 Å². The number of aliphatic imine (C=N–C) groups is 1. The van der Waals surface area contributed by atoms with Gasteiger partial charge in [0.2, 0.25) is 0 Å². The highest BCUT2D eigenvalue weighted by Gasteiger charge is 2.20. The van der Waals surface area contributed by atoms with Crippen LogP contribution >= 0.6 is 35.3 Å². The van der Waals surface area contributed by atoms with E-state index < -0.39 is 0 Å². The Hall–Kier alpha value is -0.380. The summed E-state index contributed by atoms with van der Waals surface area (Å²) >= 11 is 1.86. The van der Waals surface area contributed by atoms with Gasteiger partial charge in [-0.25, -0.2) is 0 Å². The Morgan fingerprint density at radius 2 is 2.08 bits per heavy atom. The fourth-order valence-electron chi connectivity index (χ4n) is 3.45. The zero-order valence-corrected chi connectivity index (χ0v) is 18.2. The third-order valence-electron chi connectivity index (χ3n) is 4.97. The van der Waals surface area contributed by atoms with Gasteiger partial charge in [-0.2, -0.15) is 0 Å². The first-order valence-corrected chi connectivity index (χ1v) is 10.0. The second kappa shape index (κ2) is 11.4. The number of halogens is 1. The standard InChI is InChI=1S/C18H30N4OS.HI/c1-19-18(21-13-16-4-2-10-23-16)20-12-15-6-8-22(9-7-15)14-17-5-3-11-24-17;/h3,5,11,15-16H,2,4,6-10,12-14H2,1H3,(H2,19,20,21);1H. The Kier molecular flexibility index (Phi) is 9.51. The van der Waals surface area contributed by atoms with Crippen molar-refractivity contribution in [1.29, 1.82) is 0 Å². The molecule has 1 unspecified atom stereocenters. The fraction of sp³-hybridized carbons (Fsp3) is 0.722. The molecule has 2 fully saturated rings. The Balaban J connectivity index is 0.00000225. The molecular formula is C18H31IN4OS. The Labute approximate surface area is 172 Å². The third-order valence-corrected chi connectivity index (χ3v) is 5.83. The minimum absolute atomic E-state index is 0. The SMILES string of the molecule is CN=C(NCC1CCN(Cc2cccs2)CC1)NCC1CCCO1.I. The van der Waals surface area contributed by atoms with Gasteiger partial charge in [-0.1, -0.05) is 6.07 Å². The van der Waals surface area contributed by atoms with Crippen molar-refractivity contribution in [2.45, 2.75) is 38.3 Å². The number of piperidine rings is 1. The van der Waals surface area contributed by atoms with Crippen molar-refractivity contribution in [3.63, 3.8) is 0 Å². The molecule has 1 atom stereocenters. The molecule has 7 heteroatoms. The molecule has 0 radical (unpaired) electrons. The zero-order chi connectivity index (χ0) is 16.6. The highest BCUT2D eigenvalue weighted by atomic mass is 127. The fourth-order valence-corrected chi connectivity index (χ4v) is 4.20. The smallest absolute Gasteiger partial charge is 0.191 e. The zero-order valence-electron chi connectivity index (χ0n) is 15.1. The number of nitrogens with one attached hydrogen (secondary N) is 2. The summed E-state index contributed by atoms with van der Waals surface area (Å²) in [6, 6.07) is 4.38. The summed E-state index contributed by atoms with van der Waals surface area (Å²) in [5, 5.41) is 9.05. The van der Waals surface area contributed by atoms with Gasteiger partial charge < -0.3 is 15.4 Å². The molecule has 25 heavy (non-hydrogen) atoms. The minimum Gasteiger partial charge on any atom is -0.376 e. The lowest BCUT2D eigenvalue weighted by Crippen LogP contribution is -2.44. The number of likely N-dealkylation sites (tertiary alicyclic amines) is 1. The summed E-state index contributed by atoms with van der Waals surface area (Å²) in [6.45, 7) is 6.29. The average Bonchev–Trinajstić information content (AvgIpc) is 3.30. The number of hydrogen-bond acceptors (Lipinski definition) is 4. The summed E-state index contributed by atoms with van der Waals surface area (Å²) in [7, 11) is 1.84. The van der Waals surface area contributed by atoms with Gasteiger partial charge in [0, 0.05) is 38.2 Å². The number of thiophene rings is 1. The van der Waals surface area contributed by atoms with Crippen LogP contribution in [0, 0.1) is 5.92 Å². The minimum atomic E-state index is 0. The van der Waals surface area contributed by atoms with Crippen LogP contribution in [0.15, 0.2) is 22.5 Å². The van der Waals surface area contributed by atoms with Gasteiger partial charge in [0.05, 0.1) is 6.10 Å². The average molecular weight is 478 g/mol. The van der Waals surface area contributed by atoms with Crippen LogP contribution in [0.5, 0.6) is 0 Å². The Morgan fingerprint density at radius 1 is 1.28 bits per heavy atom. The maximum Gasteiger partial charge on any atom is 0.191 e. The van der Waals surface area contributed by atoms with Gasteiger partial charge in [0.25, 0.3) is 0 Å². The normalized spacial score (nSPS) is 22.6. The summed E-state index contributed by atoms with van der Waals surface area (Å²) in [6.07, 6.45) is 5.22. The van der Waals surface area contributed by atoms with E-state index in [1.54, 1.807) is 0 Å². The maximum atomic E-state index is 5.65. The number of ether oxygens (including phenoxy) is 1. The predicted molar refractivity (Wildman–Crippen MR) is 116 cm³/mol. The molecule has 2 aliphatic heterocycles. The van der Waals surface area contributed by atoms with Gasteiger partial charge in [-0.05, 0) is 56.1 Å².